The second-order valence-electron chi connectivity index (χ2n) is 10.2. The van der Waals surface area contributed by atoms with Crippen molar-refractivity contribution in [1.82, 2.24) is 0 Å². The molecule has 0 saturated carbocycles. The second kappa shape index (κ2) is 15.2. The summed E-state index contributed by atoms with van der Waals surface area (Å²) in [4.78, 5) is 0. The van der Waals surface area contributed by atoms with Crippen molar-refractivity contribution < 1.29 is 13.9 Å². The maximum atomic E-state index is 15.1. The highest BCUT2D eigenvalue weighted by Gasteiger charge is 2.10. The van der Waals surface area contributed by atoms with Crippen molar-refractivity contribution in [2.75, 3.05) is 13.2 Å². The Morgan fingerprint density at radius 2 is 1.23 bits per heavy atom. The fourth-order valence-electron chi connectivity index (χ4n) is 4.87. The third-order valence-electron chi connectivity index (χ3n) is 7.15. The first-order valence-corrected chi connectivity index (χ1v) is 14.7. The Bertz CT molecular complexity index is 1410. The molecular weight excluding hydrogens is 483 g/mol. The zero-order valence-electron chi connectivity index (χ0n) is 23.5. The van der Waals surface area contributed by atoms with Crippen LogP contribution in [0.1, 0.15) is 89.2 Å². The van der Waals surface area contributed by atoms with E-state index in [1.165, 1.54) is 44.9 Å². The second-order valence-corrected chi connectivity index (χ2v) is 10.2. The molecule has 39 heavy (non-hydrogen) atoms. The minimum absolute atomic E-state index is 0.302. The van der Waals surface area contributed by atoms with Gasteiger partial charge >= 0.3 is 0 Å². The van der Waals surface area contributed by atoms with Gasteiger partial charge in [-0.25, -0.2) is 4.39 Å². The van der Waals surface area contributed by atoms with Gasteiger partial charge in [-0.3, -0.25) is 0 Å². The Hall–Kier alpha value is -3.51. The summed E-state index contributed by atoms with van der Waals surface area (Å²) in [5.41, 5.74) is 1.74. The normalized spacial score (nSPS) is 10.9. The summed E-state index contributed by atoms with van der Waals surface area (Å²) in [5.74, 6) is 7.53. The number of halogens is 1. The fourth-order valence-corrected chi connectivity index (χ4v) is 4.87. The van der Waals surface area contributed by atoms with E-state index >= 15 is 4.39 Å². The molecule has 0 unspecified atom stereocenters. The lowest BCUT2D eigenvalue weighted by molar-refractivity contribution is 0.291. The van der Waals surface area contributed by atoms with Gasteiger partial charge in [0.05, 0.1) is 18.8 Å². The summed E-state index contributed by atoms with van der Waals surface area (Å²) >= 11 is 0. The van der Waals surface area contributed by atoms with Crippen LogP contribution in [0.3, 0.4) is 0 Å². The summed E-state index contributed by atoms with van der Waals surface area (Å²) in [6, 6.07) is 21.7. The predicted octanol–water partition coefficient (Wildman–Crippen LogP) is 10.2. The predicted molar refractivity (Wildman–Crippen MR) is 162 cm³/mol. The lowest BCUT2D eigenvalue weighted by atomic mass is 10.0. The Kier molecular flexibility index (Phi) is 11.1. The molecule has 0 N–H and O–H groups in total. The van der Waals surface area contributed by atoms with Gasteiger partial charge in [0.1, 0.15) is 5.75 Å². The van der Waals surface area contributed by atoms with Crippen LogP contribution >= 0.6 is 0 Å². The quantitative estimate of drug-likeness (QED) is 0.121. The van der Waals surface area contributed by atoms with E-state index in [-0.39, 0.29) is 5.82 Å². The van der Waals surface area contributed by atoms with Gasteiger partial charge in [-0.05, 0) is 47.9 Å². The van der Waals surface area contributed by atoms with Gasteiger partial charge in [0.2, 0.25) is 0 Å². The molecule has 0 spiro atoms. The summed E-state index contributed by atoms with van der Waals surface area (Å²) in [5, 5.41) is 3.59. The van der Waals surface area contributed by atoms with E-state index in [1.54, 1.807) is 12.1 Å². The lowest BCUT2D eigenvalue weighted by Gasteiger charge is -2.11. The van der Waals surface area contributed by atoms with E-state index in [4.69, 9.17) is 9.47 Å². The first-order valence-electron chi connectivity index (χ1n) is 14.7. The van der Waals surface area contributed by atoms with Crippen LogP contribution in [0.5, 0.6) is 11.5 Å². The molecule has 0 fully saturated rings. The molecule has 204 valence electrons. The van der Waals surface area contributed by atoms with Crippen LogP contribution in [0, 0.1) is 17.7 Å². The molecule has 0 amide bonds. The van der Waals surface area contributed by atoms with Crippen molar-refractivity contribution >= 4 is 21.5 Å². The summed E-state index contributed by atoms with van der Waals surface area (Å²) < 4.78 is 27.1. The number of benzene rings is 4. The Morgan fingerprint density at radius 3 is 1.97 bits per heavy atom. The van der Waals surface area contributed by atoms with Gasteiger partial charge in [0.25, 0.3) is 0 Å². The van der Waals surface area contributed by atoms with Crippen LogP contribution in [0.2, 0.25) is 0 Å². The summed E-state index contributed by atoms with van der Waals surface area (Å²) in [6.07, 6.45) is 11.7. The number of hydrogen-bond donors (Lipinski definition) is 0. The molecule has 4 aromatic rings. The zero-order chi connectivity index (χ0) is 27.3. The molecule has 4 rings (SSSR count). The van der Waals surface area contributed by atoms with Crippen molar-refractivity contribution in [2.24, 2.45) is 0 Å². The molecular formula is C36H41FO2. The van der Waals surface area contributed by atoms with Gasteiger partial charge in [-0.2, -0.15) is 0 Å². The maximum absolute atomic E-state index is 15.1. The largest absolute Gasteiger partial charge is 0.492 e. The average molecular weight is 525 g/mol. The Morgan fingerprint density at radius 1 is 0.590 bits per heavy atom. The Balaban J connectivity index is 1.51. The highest BCUT2D eigenvalue weighted by Crippen LogP contribution is 2.29. The molecule has 0 aromatic heterocycles. The maximum Gasteiger partial charge on any atom is 0.172 e. The van der Waals surface area contributed by atoms with E-state index in [0.29, 0.717) is 24.3 Å². The highest BCUT2D eigenvalue weighted by atomic mass is 19.1. The summed E-state index contributed by atoms with van der Waals surface area (Å²) in [6.45, 7) is 5.66. The van der Waals surface area contributed by atoms with Crippen molar-refractivity contribution in [1.29, 1.82) is 0 Å². The molecule has 0 aliphatic carbocycles. The number of hydrogen-bond acceptors (Lipinski definition) is 2. The van der Waals surface area contributed by atoms with Gasteiger partial charge in [0.15, 0.2) is 11.6 Å². The van der Waals surface area contributed by atoms with E-state index < -0.39 is 0 Å². The minimum atomic E-state index is -0.302. The summed E-state index contributed by atoms with van der Waals surface area (Å²) in [7, 11) is 0. The van der Waals surface area contributed by atoms with Crippen LogP contribution < -0.4 is 9.47 Å². The zero-order valence-corrected chi connectivity index (χ0v) is 23.5. The monoisotopic (exact) mass is 524 g/mol. The van der Waals surface area contributed by atoms with Crippen LogP contribution in [0.15, 0.2) is 66.7 Å². The smallest absolute Gasteiger partial charge is 0.172 e. The molecule has 0 aliphatic rings. The minimum Gasteiger partial charge on any atom is -0.492 e. The number of fused-ring (bicyclic) bond motifs is 2. The van der Waals surface area contributed by atoms with Crippen molar-refractivity contribution in [3.63, 3.8) is 0 Å². The van der Waals surface area contributed by atoms with Gasteiger partial charge in [-0.15, -0.1) is 0 Å². The van der Waals surface area contributed by atoms with Gasteiger partial charge in [0, 0.05) is 16.3 Å². The Labute approximate surface area is 233 Å². The molecule has 0 heterocycles. The molecule has 0 saturated heterocycles. The van der Waals surface area contributed by atoms with Crippen LogP contribution in [0.4, 0.5) is 4.39 Å². The van der Waals surface area contributed by atoms with Crippen molar-refractivity contribution in [2.45, 2.75) is 78.1 Å². The molecule has 2 nitrogen and oxygen atoms in total. The van der Waals surface area contributed by atoms with E-state index in [0.717, 1.165) is 52.3 Å². The van der Waals surface area contributed by atoms with E-state index in [1.807, 2.05) is 36.4 Å². The lowest BCUT2D eigenvalue weighted by Crippen LogP contribution is -2.00. The first kappa shape index (κ1) is 28.5. The number of unbranched alkanes of at least 4 members (excludes halogenated alkanes) is 8. The van der Waals surface area contributed by atoms with Crippen LogP contribution in [-0.4, -0.2) is 13.2 Å². The number of ether oxygens (including phenoxy) is 2. The topological polar surface area (TPSA) is 18.5 Å². The van der Waals surface area contributed by atoms with Crippen molar-refractivity contribution in [3.05, 3.63) is 83.7 Å². The van der Waals surface area contributed by atoms with E-state index in [2.05, 4.69) is 43.9 Å². The number of rotatable bonds is 14. The SMILES string of the molecule is CCCCCCCOc1ccc2cc(C#Cc3c(OCCCCCCC)ccc4ccccc34)ccc2c1F. The molecule has 0 atom stereocenters. The molecule has 0 aliphatic heterocycles. The van der Waals surface area contributed by atoms with Gasteiger partial charge in [-0.1, -0.05) is 120 Å². The third kappa shape index (κ3) is 7.99. The standard InChI is InChI=1S/C36H41FO2/c1-3-5-7-9-13-25-38-34-23-19-29-15-11-12-16-31(29)33(34)22-18-28-17-21-32-30(27-28)20-24-35(36(32)37)39-26-14-10-8-6-4-2/h11-12,15-17,19-21,23-24,27H,3-10,13-14,25-26H2,1-2H3. The molecule has 3 heteroatoms. The average Bonchev–Trinajstić information content (AvgIpc) is 2.96. The van der Waals surface area contributed by atoms with Crippen LogP contribution in [-0.2, 0) is 0 Å². The third-order valence-corrected chi connectivity index (χ3v) is 7.15. The highest BCUT2D eigenvalue weighted by molar-refractivity contribution is 5.91. The van der Waals surface area contributed by atoms with Crippen LogP contribution in [0.25, 0.3) is 21.5 Å². The molecule has 0 bridgehead atoms. The van der Waals surface area contributed by atoms with Gasteiger partial charge < -0.3 is 9.47 Å². The fraction of sp³-hybridized carbons (Fsp3) is 0.389. The van der Waals surface area contributed by atoms with Crippen molar-refractivity contribution in [3.8, 4) is 23.3 Å². The molecule has 0 radical (unpaired) electrons. The first-order chi connectivity index (χ1) is 19.2. The molecule has 4 aromatic carbocycles. The van der Waals surface area contributed by atoms with E-state index in [9.17, 15) is 0 Å².